The lowest BCUT2D eigenvalue weighted by Crippen LogP contribution is -2.30. The Morgan fingerprint density at radius 2 is 0.688 bits per heavy atom. The molecule has 0 heterocycles. The van der Waals surface area contributed by atoms with Crippen LogP contribution in [0.1, 0.15) is 245 Å². The minimum Gasteiger partial charge on any atom is -0.462 e. The number of hydrogen-bond donors (Lipinski definition) is 0. The second kappa shape index (κ2) is 52.2. The highest BCUT2D eigenvalue weighted by Crippen LogP contribution is 2.15. The molecule has 0 radical (unpaired) electrons. The van der Waals surface area contributed by atoms with Gasteiger partial charge in [0.2, 0.25) is 0 Å². The van der Waals surface area contributed by atoms with Gasteiger partial charge in [-0.2, -0.15) is 0 Å². The van der Waals surface area contributed by atoms with E-state index in [1.807, 2.05) is 0 Å². The molecule has 0 aromatic rings. The van der Waals surface area contributed by atoms with Crippen LogP contribution in [0.3, 0.4) is 0 Å². The molecule has 0 aromatic carbocycles. The predicted octanol–water partition coefficient (Wildman–Crippen LogP) is 17.6. The standard InChI is InChI=1S/C58H98O6/c1-4-7-10-13-16-19-22-25-27-28-29-30-31-34-36-39-42-45-48-51-57(60)63-54-55(53-62-56(59)50-47-44-41-38-35-32-24-21-18-15-12-9-6-3)64-58(61)52-49-46-43-40-37-33-26-23-20-17-14-11-8-5-2/h7,9-10,12,15-16,18-19,21,24-25,27,29-30,55H,4-6,8,11,13-14,17,20,22-23,26,28,31-54H2,1-3H3/b10-7+,12-9+,18-15+,19-16+,24-21+,27-25+,30-29+. The summed E-state index contributed by atoms with van der Waals surface area (Å²) in [6.45, 7) is 6.37. The zero-order valence-electron chi connectivity index (χ0n) is 41.8. The fourth-order valence-electron chi connectivity index (χ4n) is 7.26. The fourth-order valence-corrected chi connectivity index (χ4v) is 7.26. The minimum absolute atomic E-state index is 0.0897. The van der Waals surface area contributed by atoms with E-state index in [1.165, 1.54) is 89.9 Å². The normalized spacial score (nSPS) is 12.7. The molecule has 1 atom stereocenters. The highest BCUT2D eigenvalue weighted by molar-refractivity contribution is 5.71. The maximum atomic E-state index is 12.8. The summed E-state index contributed by atoms with van der Waals surface area (Å²) in [6, 6.07) is 0. The van der Waals surface area contributed by atoms with Crippen LogP contribution < -0.4 is 0 Å². The van der Waals surface area contributed by atoms with Gasteiger partial charge in [0.15, 0.2) is 6.10 Å². The van der Waals surface area contributed by atoms with E-state index in [4.69, 9.17) is 14.2 Å². The summed E-state index contributed by atoms with van der Waals surface area (Å²) in [5.41, 5.74) is 0. The Morgan fingerprint density at radius 3 is 1.12 bits per heavy atom. The number of carbonyl (C=O) groups excluding carboxylic acids is 3. The first-order valence-electron chi connectivity index (χ1n) is 26.6. The van der Waals surface area contributed by atoms with E-state index in [9.17, 15) is 14.4 Å². The Hall–Kier alpha value is -3.41. The fraction of sp³-hybridized carbons (Fsp3) is 0.707. The van der Waals surface area contributed by atoms with E-state index in [1.54, 1.807) is 0 Å². The largest absolute Gasteiger partial charge is 0.462 e. The Morgan fingerprint density at radius 1 is 0.344 bits per heavy atom. The first-order valence-corrected chi connectivity index (χ1v) is 26.6. The van der Waals surface area contributed by atoms with Crippen molar-refractivity contribution in [1.29, 1.82) is 0 Å². The van der Waals surface area contributed by atoms with E-state index in [2.05, 4.69) is 106 Å². The van der Waals surface area contributed by atoms with Crippen LogP contribution in [0.25, 0.3) is 0 Å². The van der Waals surface area contributed by atoms with Crippen LogP contribution in [0.2, 0.25) is 0 Å². The molecule has 0 aliphatic heterocycles. The molecular formula is C58H98O6. The van der Waals surface area contributed by atoms with Gasteiger partial charge in [-0.25, -0.2) is 0 Å². The molecular weight excluding hydrogens is 793 g/mol. The zero-order valence-corrected chi connectivity index (χ0v) is 41.8. The number of carbonyl (C=O) groups is 3. The smallest absolute Gasteiger partial charge is 0.306 e. The summed E-state index contributed by atoms with van der Waals surface area (Å²) >= 11 is 0. The molecule has 0 saturated carbocycles. The van der Waals surface area contributed by atoms with Gasteiger partial charge in [-0.15, -0.1) is 0 Å². The molecule has 6 heteroatoms. The summed E-state index contributed by atoms with van der Waals surface area (Å²) in [4.78, 5) is 38.0. The molecule has 6 nitrogen and oxygen atoms in total. The van der Waals surface area contributed by atoms with E-state index in [0.717, 1.165) is 116 Å². The lowest BCUT2D eigenvalue weighted by molar-refractivity contribution is -0.167. The summed E-state index contributed by atoms with van der Waals surface area (Å²) in [5, 5.41) is 0. The third-order valence-corrected chi connectivity index (χ3v) is 11.2. The molecule has 0 spiro atoms. The molecule has 0 aliphatic rings. The van der Waals surface area contributed by atoms with Gasteiger partial charge in [0.25, 0.3) is 0 Å². The third kappa shape index (κ3) is 49.6. The topological polar surface area (TPSA) is 78.9 Å². The van der Waals surface area contributed by atoms with Crippen LogP contribution in [-0.4, -0.2) is 37.2 Å². The minimum atomic E-state index is -0.789. The van der Waals surface area contributed by atoms with Gasteiger partial charge in [0, 0.05) is 19.3 Å². The molecule has 0 amide bonds. The Kier molecular flexibility index (Phi) is 49.4. The summed E-state index contributed by atoms with van der Waals surface area (Å²) in [5.74, 6) is -0.920. The number of rotatable bonds is 47. The average Bonchev–Trinajstić information content (AvgIpc) is 3.29. The van der Waals surface area contributed by atoms with Crippen molar-refractivity contribution in [3.63, 3.8) is 0 Å². The lowest BCUT2D eigenvalue weighted by Gasteiger charge is -2.18. The highest BCUT2D eigenvalue weighted by Gasteiger charge is 2.19. The molecule has 0 aliphatic carbocycles. The maximum Gasteiger partial charge on any atom is 0.306 e. The molecule has 0 saturated heterocycles. The van der Waals surface area contributed by atoms with Crippen molar-refractivity contribution in [2.24, 2.45) is 0 Å². The maximum absolute atomic E-state index is 12.8. The van der Waals surface area contributed by atoms with Crippen molar-refractivity contribution >= 4 is 17.9 Å². The second-order valence-corrected chi connectivity index (χ2v) is 17.4. The van der Waals surface area contributed by atoms with Crippen LogP contribution in [0.5, 0.6) is 0 Å². The Labute approximate surface area is 395 Å². The molecule has 0 bridgehead atoms. The van der Waals surface area contributed by atoms with Gasteiger partial charge in [0.1, 0.15) is 13.2 Å². The highest BCUT2D eigenvalue weighted by atomic mass is 16.6. The molecule has 0 fully saturated rings. The zero-order chi connectivity index (χ0) is 46.5. The van der Waals surface area contributed by atoms with Crippen molar-refractivity contribution in [3.05, 3.63) is 85.1 Å². The SMILES string of the molecule is CC/C=C/C=C/C=C/CCCCCCCC(=O)OCC(COC(=O)CCCCCCCC/C=C/C/C=C/C/C=C/C/C=C/CC)OC(=O)CCCCCCCCCCCCCCCC. The van der Waals surface area contributed by atoms with E-state index in [-0.39, 0.29) is 31.1 Å². The van der Waals surface area contributed by atoms with Gasteiger partial charge in [-0.1, -0.05) is 234 Å². The first kappa shape index (κ1) is 60.6. The van der Waals surface area contributed by atoms with Crippen LogP contribution in [-0.2, 0) is 28.6 Å². The quantitative estimate of drug-likeness (QED) is 0.0199. The molecule has 0 rings (SSSR count). The monoisotopic (exact) mass is 891 g/mol. The number of esters is 3. The van der Waals surface area contributed by atoms with Crippen molar-refractivity contribution in [2.75, 3.05) is 13.2 Å². The van der Waals surface area contributed by atoms with Crippen LogP contribution >= 0.6 is 0 Å². The summed E-state index contributed by atoms with van der Waals surface area (Å²) in [7, 11) is 0. The van der Waals surface area contributed by atoms with Crippen LogP contribution in [0.15, 0.2) is 85.1 Å². The molecule has 64 heavy (non-hydrogen) atoms. The summed E-state index contributed by atoms with van der Waals surface area (Å²) < 4.78 is 16.8. The van der Waals surface area contributed by atoms with Crippen molar-refractivity contribution in [2.45, 2.75) is 252 Å². The van der Waals surface area contributed by atoms with Crippen molar-refractivity contribution in [1.82, 2.24) is 0 Å². The Bertz CT molecular complexity index is 1250. The number of ether oxygens (including phenoxy) is 3. The van der Waals surface area contributed by atoms with Crippen molar-refractivity contribution in [3.8, 4) is 0 Å². The molecule has 1 unspecified atom stereocenters. The summed E-state index contributed by atoms with van der Waals surface area (Å²) in [6.07, 6.45) is 67.1. The number of unbranched alkanes of at least 4 members (excludes halogenated alkanes) is 24. The van der Waals surface area contributed by atoms with Gasteiger partial charge < -0.3 is 14.2 Å². The third-order valence-electron chi connectivity index (χ3n) is 11.2. The van der Waals surface area contributed by atoms with Gasteiger partial charge in [0.05, 0.1) is 0 Å². The van der Waals surface area contributed by atoms with Crippen LogP contribution in [0, 0.1) is 0 Å². The van der Waals surface area contributed by atoms with Gasteiger partial charge >= 0.3 is 17.9 Å². The van der Waals surface area contributed by atoms with Crippen LogP contribution in [0.4, 0.5) is 0 Å². The number of allylic oxidation sites excluding steroid dienone is 14. The van der Waals surface area contributed by atoms with E-state index < -0.39 is 6.10 Å². The van der Waals surface area contributed by atoms with Gasteiger partial charge in [-0.3, -0.25) is 14.4 Å². The van der Waals surface area contributed by atoms with Gasteiger partial charge in [-0.05, 0) is 77.0 Å². The predicted molar refractivity (Wildman–Crippen MR) is 274 cm³/mol. The van der Waals surface area contributed by atoms with E-state index >= 15 is 0 Å². The Balaban J connectivity index is 4.41. The first-order chi connectivity index (χ1) is 31.5. The number of hydrogen-bond acceptors (Lipinski definition) is 6. The van der Waals surface area contributed by atoms with Crippen molar-refractivity contribution < 1.29 is 28.6 Å². The molecule has 0 aromatic heterocycles. The second-order valence-electron chi connectivity index (χ2n) is 17.4. The lowest BCUT2D eigenvalue weighted by atomic mass is 10.0. The average molecular weight is 891 g/mol. The molecule has 366 valence electrons. The van der Waals surface area contributed by atoms with E-state index in [0.29, 0.717) is 19.3 Å². The molecule has 0 N–H and O–H groups in total.